The van der Waals surface area contributed by atoms with Gasteiger partial charge in [0.15, 0.2) is 0 Å². The highest BCUT2D eigenvalue weighted by Gasteiger charge is 2.30. The van der Waals surface area contributed by atoms with E-state index >= 15 is 0 Å². The summed E-state index contributed by atoms with van der Waals surface area (Å²) in [4.78, 5) is 23.2. The van der Waals surface area contributed by atoms with Crippen molar-refractivity contribution < 1.29 is 27.1 Å². The van der Waals surface area contributed by atoms with Crippen LogP contribution in [0.15, 0.2) is 61.1 Å². The Bertz CT molecular complexity index is 1580. The van der Waals surface area contributed by atoms with E-state index in [1.165, 1.54) is 30.5 Å². The maximum Gasteiger partial charge on any atom is 0.416 e. The number of carbonyl (C=O) groups excluding carboxylic acids is 1. The molecular weight excluding hydrogens is 580 g/mol. The summed E-state index contributed by atoms with van der Waals surface area (Å²) in [6.07, 6.45) is 0.487. The van der Waals surface area contributed by atoms with E-state index in [1.807, 2.05) is 14.1 Å². The number of nitrogens with zero attached hydrogens (tertiary/aromatic N) is 5. The van der Waals surface area contributed by atoms with Gasteiger partial charge in [-0.2, -0.15) is 23.3 Å². The summed E-state index contributed by atoms with van der Waals surface area (Å²) in [5, 5.41) is 12.9. The van der Waals surface area contributed by atoms with Gasteiger partial charge in [0.2, 0.25) is 5.95 Å². The highest BCUT2D eigenvalue weighted by Crippen LogP contribution is 2.35. The molecular formula is C30H34F4N8O2. The summed E-state index contributed by atoms with van der Waals surface area (Å²) in [6.45, 7) is 6.74. The highest BCUT2D eigenvalue weighted by molar-refractivity contribution is 5.86. The van der Waals surface area contributed by atoms with Gasteiger partial charge in [-0.05, 0) is 83.7 Å². The minimum atomic E-state index is -4.51. The van der Waals surface area contributed by atoms with Gasteiger partial charge >= 0.3 is 12.3 Å². The Balaban J connectivity index is 1.64. The quantitative estimate of drug-likeness (QED) is 0.160. The molecule has 3 N–H and O–H groups in total. The molecule has 2 aromatic carbocycles. The van der Waals surface area contributed by atoms with Gasteiger partial charge in [-0.15, -0.1) is 0 Å². The molecule has 0 aliphatic carbocycles. The number of nitrogens with one attached hydrogen (secondary N) is 3. The van der Waals surface area contributed by atoms with E-state index in [0.29, 0.717) is 23.4 Å². The van der Waals surface area contributed by atoms with E-state index in [2.05, 4.69) is 35.9 Å². The Morgan fingerprint density at radius 2 is 1.73 bits per heavy atom. The third-order valence-corrected chi connectivity index (χ3v) is 6.06. The summed E-state index contributed by atoms with van der Waals surface area (Å²) in [6, 6.07) is 8.33. The Kier molecular flexibility index (Phi) is 9.72. The third-order valence-electron chi connectivity index (χ3n) is 6.06. The Morgan fingerprint density at radius 1 is 1.00 bits per heavy atom. The maximum atomic E-state index is 15.0. The fraction of sp³-hybridized carbons (Fsp3) is 0.333. The second kappa shape index (κ2) is 13.3. The first-order chi connectivity index (χ1) is 20.7. The lowest BCUT2D eigenvalue weighted by Gasteiger charge is -2.20. The molecule has 0 unspecified atom stereocenters. The topological polar surface area (TPSA) is 109 Å². The summed E-state index contributed by atoms with van der Waals surface area (Å²) in [5.41, 5.74) is -0.0760. The normalized spacial score (nSPS) is 11.9. The highest BCUT2D eigenvalue weighted by atomic mass is 19.4. The Hall–Kier alpha value is -4.72. The number of anilines is 5. The smallest absolute Gasteiger partial charge is 0.416 e. The van der Waals surface area contributed by atoms with Gasteiger partial charge in [0.1, 0.15) is 17.2 Å². The van der Waals surface area contributed by atoms with Crippen LogP contribution in [-0.2, 0) is 17.5 Å². The summed E-state index contributed by atoms with van der Waals surface area (Å²) in [7, 11) is 3.99. The molecule has 10 nitrogen and oxygen atoms in total. The lowest BCUT2D eigenvalue weighted by molar-refractivity contribution is -0.137. The van der Waals surface area contributed by atoms with Crippen LogP contribution >= 0.6 is 0 Å². The van der Waals surface area contributed by atoms with Crippen molar-refractivity contribution in [3.8, 4) is 11.1 Å². The lowest BCUT2D eigenvalue weighted by atomic mass is 10.1. The Morgan fingerprint density at radius 3 is 2.39 bits per heavy atom. The number of amides is 1. The number of aromatic nitrogens is 4. The van der Waals surface area contributed by atoms with Crippen LogP contribution in [0.3, 0.4) is 0 Å². The zero-order valence-electron chi connectivity index (χ0n) is 25.0. The molecule has 2 aromatic heterocycles. The van der Waals surface area contributed by atoms with Crippen LogP contribution in [0.25, 0.3) is 11.1 Å². The Labute approximate surface area is 252 Å². The van der Waals surface area contributed by atoms with Crippen molar-refractivity contribution in [1.82, 2.24) is 24.6 Å². The molecule has 0 radical (unpaired) electrons. The van der Waals surface area contributed by atoms with Crippen LogP contribution in [0.2, 0.25) is 0 Å². The van der Waals surface area contributed by atoms with Crippen molar-refractivity contribution >= 4 is 34.9 Å². The van der Waals surface area contributed by atoms with E-state index in [-0.39, 0.29) is 23.1 Å². The fourth-order valence-corrected chi connectivity index (χ4v) is 4.06. The number of rotatable bonds is 10. The van der Waals surface area contributed by atoms with Crippen molar-refractivity contribution in [3.63, 3.8) is 0 Å². The number of hydrogen-bond donors (Lipinski definition) is 3. The standard InChI is InChI=1S/C30H34F4N8O2/c1-29(2,3)44-28(43)38-21-11-12-24(31)25(15-21)39-26-23(19-7-9-20(10-8-19)30(32,33)34)17-35-27(40-26)37-22-16-36-42(18-22)14-6-13-41(4)5/h7-12,15-18H,6,13-14H2,1-5H3,(H,38,43)(H2,35,37,39,40). The van der Waals surface area contributed by atoms with Gasteiger partial charge in [0.05, 0.1) is 23.1 Å². The second-order valence-corrected chi connectivity index (χ2v) is 11.3. The molecule has 0 saturated heterocycles. The third kappa shape index (κ3) is 9.14. The van der Waals surface area contributed by atoms with Gasteiger partial charge in [-0.25, -0.2) is 14.2 Å². The first-order valence-corrected chi connectivity index (χ1v) is 13.7. The van der Waals surface area contributed by atoms with Gasteiger partial charge in [-0.3, -0.25) is 10.00 Å². The minimum Gasteiger partial charge on any atom is -0.444 e. The molecule has 0 fully saturated rings. The first kappa shape index (κ1) is 32.2. The zero-order valence-corrected chi connectivity index (χ0v) is 25.0. The zero-order chi connectivity index (χ0) is 32.1. The van der Waals surface area contributed by atoms with Gasteiger partial charge < -0.3 is 20.3 Å². The number of halogens is 4. The molecule has 0 saturated carbocycles. The van der Waals surface area contributed by atoms with Crippen LogP contribution in [0.1, 0.15) is 32.8 Å². The predicted molar refractivity (Wildman–Crippen MR) is 161 cm³/mol. The van der Waals surface area contributed by atoms with Crippen molar-refractivity contribution in [2.75, 3.05) is 36.6 Å². The van der Waals surface area contributed by atoms with E-state index < -0.39 is 29.3 Å². The predicted octanol–water partition coefficient (Wildman–Crippen LogP) is 7.28. The van der Waals surface area contributed by atoms with Crippen molar-refractivity contribution in [2.24, 2.45) is 0 Å². The van der Waals surface area contributed by atoms with Crippen LogP contribution in [0.4, 0.5) is 51.2 Å². The fourth-order valence-electron chi connectivity index (χ4n) is 4.06. The molecule has 0 bridgehead atoms. The number of alkyl halides is 3. The maximum absolute atomic E-state index is 15.0. The SMILES string of the molecule is CN(C)CCCn1cc(Nc2ncc(-c3ccc(C(F)(F)F)cc3)c(Nc3cc(NC(=O)OC(C)(C)C)ccc3F)n2)cn1. The molecule has 0 atom stereocenters. The van der Waals surface area contributed by atoms with Crippen molar-refractivity contribution in [1.29, 1.82) is 0 Å². The molecule has 14 heteroatoms. The number of carbonyl (C=O) groups is 1. The molecule has 1 amide bonds. The number of hydrogen-bond acceptors (Lipinski definition) is 8. The molecule has 0 aliphatic heterocycles. The largest absolute Gasteiger partial charge is 0.444 e. The number of aryl methyl sites for hydroxylation is 1. The van der Waals surface area contributed by atoms with E-state index in [9.17, 15) is 22.4 Å². The molecule has 234 valence electrons. The average molecular weight is 615 g/mol. The molecule has 2 heterocycles. The first-order valence-electron chi connectivity index (χ1n) is 13.7. The van der Waals surface area contributed by atoms with Crippen molar-refractivity contribution in [3.05, 3.63) is 72.4 Å². The summed E-state index contributed by atoms with van der Waals surface area (Å²) >= 11 is 0. The van der Waals surface area contributed by atoms with Crippen molar-refractivity contribution in [2.45, 2.75) is 45.5 Å². The lowest BCUT2D eigenvalue weighted by Crippen LogP contribution is -2.27. The second-order valence-electron chi connectivity index (χ2n) is 11.3. The van der Waals surface area contributed by atoms with Gasteiger partial charge in [0.25, 0.3) is 0 Å². The molecule has 4 rings (SSSR count). The molecule has 44 heavy (non-hydrogen) atoms. The van der Waals surface area contributed by atoms with Crippen LogP contribution in [-0.4, -0.2) is 57.0 Å². The minimum absolute atomic E-state index is 0.0508. The van der Waals surface area contributed by atoms with E-state index in [4.69, 9.17) is 4.74 Å². The van der Waals surface area contributed by atoms with E-state index in [0.717, 1.165) is 31.2 Å². The van der Waals surface area contributed by atoms with Crippen LogP contribution in [0.5, 0.6) is 0 Å². The summed E-state index contributed by atoms with van der Waals surface area (Å²) in [5.74, 6) is -0.418. The number of ether oxygens (including phenoxy) is 1. The summed E-state index contributed by atoms with van der Waals surface area (Å²) < 4.78 is 61.6. The van der Waals surface area contributed by atoms with Crippen LogP contribution < -0.4 is 16.0 Å². The molecule has 0 aliphatic rings. The number of benzene rings is 2. The molecule has 0 spiro atoms. The van der Waals surface area contributed by atoms with Crippen LogP contribution in [0, 0.1) is 5.82 Å². The van der Waals surface area contributed by atoms with Gasteiger partial charge in [-0.1, -0.05) is 12.1 Å². The average Bonchev–Trinajstić information content (AvgIpc) is 3.36. The monoisotopic (exact) mass is 614 g/mol. The molecule has 4 aromatic rings. The van der Waals surface area contributed by atoms with Gasteiger partial charge in [0, 0.05) is 30.2 Å². The van der Waals surface area contributed by atoms with E-state index in [1.54, 1.807) is 37.8 Å².